The summed E-state index contributed by atoms with van der Waals surface area (Å²) in [7, 11) is 1.52. The molecule has 1 saturated heterocycles. The molecule has 140 valence electrons. The first-order chi connectivity index (χ1) is 13.2. The van der Waals surface area contributed by atoms with Gasteiger partial charge in [0.2, 0.25) is 12.7 Å². The third-order valence-electron chi connectivity index (χ3n) is 4.38. The molecule has 3 heterocycles. The van der Waals surface area contributed by atoms with Gasteiger partial charge in [-0.3, -0.25) is 4.79 Å². The van der Waals surface area contributed by atoms with Crippen LogP contribution >= 0.6 is 0 Å². The van der Waals surface area contributed by atoms with Crippen LogP contribution in [0.25, 0.3) is 6.08 Å². The molecule has 2 aliphatic heterocycles. The number of hydrogen-bond donors (Lipinski definition) is 0. The van der Waals surface area contributed by atoms with Gasteiger partial charge in [0, 0.05) is 31.4 Å². The van der Waals surface area contributed by atoms with Crippen LogP contribution < -0.4 is 18.9 Å². The van der Waals surface area contributed by atoms with Gasteiger partial charge in [-0.05, 0) is 23.8 Å². The van der Waals surface area contributed by atoms with Crippen LogP contribution in [-0.4, -0.2) is 53.9 Å². The van der Waals surface area contributed by atoms with E-state index in [9.17, 15) is 4.79 Å². The van der Waals surface area contributed by atoms with Gasteiger partial charge in [0.15, 0.2) is 11.5 Å². The lowest BCUT2D eigenvalue weighted by Gasteiger charge is -2.16. The minimum atomic E-state index is -0.140. The van der Waals surface area contributed by atoms with Crippen molar-refractivity contribution in [1.82, 2.24) is 14.9 Å². The van der Waals surface area contributed by atoms with Gasteiger partial charge in [-0.2, -0.15) is 0 Å². The van der Waals surface area contributed by atoms with E-state index in [-0.39, 0.29) is 18.8 Å². The van der Waals surface area contributed by atoms with Crippen LogP contribution in [0.15, 0.2) is 36.7 Å². The number of carbonyl (C=O) groups excluding carboxylic acids is 1. The van der Waals surface area contributed by atoms with E-state index < -0.39 is 0 Å². The summed E-state index contributed by atoms with van der Waals surface area (Å²) in [4.78, 5) is 22.4. The van der Waals surface area contributed by atoms with Gasteiger partial charge in [-0.15, -0.1) is 0 Å². The van der Waals surface area contributed by atoms with Gasteiger partial charge in [-0.1, -0.05) is 6.07 Å². The molecule has 0 bridgehead atoms. The molecule has 0 spiro atoms. The molecule has 1 atom stereocenters. The second-order valence-electron chi connectivity index (χ2n) is 6.13. The van der Waals surface area contributed by atoms with Crippen LogP contribution in [0, 0.1) is 0 Å². The lowest BCUT2D eigenvalue weighted by molar-refractivity contribution is -0.125. The van der Waals surface area contributed by atoms with Crippen LogP contribution in [0.5, 0.6) is 23.3 Å². The Morgan fingerprint density at radius 3 is 2.89 bits per heavy atom. The number of methoxy groups -OCH3 is 1. The third-order valence-corrected chi connectivity index (χ3v) is 4.38. The van der Waals surface area contributed by atoms with E-state index in [0.29, 0.717) is 30.6 Å². The van der Waals surface area contributed by atoms with Crippen LogP contribution in [0.3, 0.4) is 0 Å². The molecule has 8 heteroatoms. The fraction of sp³-hybridized carbons (Fsp3) is 0.316. The monoisotopic (exact) mass is 369 g/mol. The van der Waals surface area contributed by atoms with Gasteiger partial charge in [0.25, 0.3) is 11.8 Å². The number of hydrogen-bond acceptors (Lipinski definition) is 7. The summed E-state index contributed by atoms with van der Waals surface area (Å²) >= 11 is 0. The normalized spacial score (nSPS) is 18.1. The lowest BCUT2D eigenvalue weighted by Crippen LogP contribution is -2.29. The largest absolute Gasteiger partial charge is 0.477 e. The second kappa shape index (κ2) is 7.53. The van der Waals surface area contributed by atoms with Gasteiger partial charge >= 0.3 is 0 Å². The maximum Gasteiger partial charge on any atom is 0.278 e. The Morgan fingerprint density at radius 1 is 1.22 bits per heavy atom. The Morgan fingerprint density at radius 2 is 2.04 bits per heavy atom. The maximum absolute atomic E-state index is 12.4. The summed E-state index contributed by atoms with van der Waals surface area (Å²) in [6.45, 7) is 1.34. The van der Waals surface area contributed by atoms with Crippen LogP contribution in [0.1, 0.15) is 12.0 Å². The molecule has 1 aromatic heterocycles. The number of nitrogens with zero attached hydrogens (tertiary/aromatic N) is 3. The molecule has 1 amide bonds. The molecule has 1 fully saturated rings. The number of aromatic nitrogens is 2. The van der Waals surface area contributed by atoms with Gasteiger partial charge in [0.05, 0.1) is 13.7 Å². The van der Waals surface area contributed by atoms with Crippen molar-refractivity contribution in [2.45, 2.75) is 12.5 Å². The Bertz CT molecular complexity index is 870. The van der Waals surface area contributed by atoms with E-state index in [1.54, 1.807) is 23.2 Å². The van der Waals surface area contributed by atoms with E-state index >= 15 is 0 Å². The highest BCUT2D eigenvalue weighted by Crippen LogP contribution is 2.32. The minimum Gasteiger partial charge on any atom is -0.477 e. The first-order valence-electron chi connectivity index (χ1n) is 8.61. The summed E-state index contributed by atoms with van der Waals surface area (Å²) in [6.07, 6.45) is 7.00. The number of carbonyl (C=O) groups is 1. The Kier molecular flexibility index (Phi) is 4.78. The number of fused-ring (bicyclic) bond motifs is 1. The quantitative estimate of drug-likeness (QED) is 0.745. The fourth-order valence-corrected chi connectivity index (χ4v) is 3.01. The zero-order valence-corrected chi connectivity index (χ0v) is 14.8. The summed E-state index contributed by atoms with van der Waals surface area (Å²) < 4.78 is 21.6. The number of rotatable bonds is 5. The van der Waals surface area contributed by atoms with E-state index in [1.807, 2.05) is 18.2 Å². The average molecular weight is 369 g/mol. The average Bonchev–Trinajstić information content (AvgIpc) is 3.35. The van der Waals surface area contributed by atoms with Crippen molar-refractivity contribution in [2.75, 3.05) is 27.0 Å². The fourth-order valence-electron chi connectivity index (χ4n) is 3.01. The molecule has 0 N–H and O–H groups in total. The zero-order chi connectivity index (χ0) is 18.6. The highest BCUT2D eigenvalue weighted by Gasteiger charge is 2.27. The van der Waals surface area contributed by atoms with E-state index in [4.69, 9.17) is 18.9 Å². The third kappa shape index (κ3) is 3.79. The second-order valence-corrected chi connectivity index (χ2v) is 6.13. The molecule has 27 heavy (non-hydrogen) atoms. The molecule has 4 rings (SSSR count). The van der Waals surface area contributed by atoms with E-state index in [0.717, 1.165) is 17.7 Å². The number of benzene rings is 1. The Balaban J connectivity index is 1.35. The predicted molar refractivity (Wildman–Crippen MR) is 95.8 cm³/mol. The number of likely N-dealkylation sites (tertiary alicyclic amines) is 1. The predicted octanol–water partition coefficient (Wildman–Crippen LogP) is 1.91. The first kappa shape index (κ1) is 17.1. The molecule has 8 nitrogen and oxygen atoms in total. The lowest BCUT2D eigenvalue weighted by atomic mass is 10.2. The van der Waals surface area contributed by atoms with Gasteiger partial charge in [0.1, 0.15) is 6.10 Å². The van der Waals surface area contributed by atoms with Crippen LogP contribution in [0.2, 0.25) is 0 Å². The number of amides is 1. The molecular formula is C19H19N3O5. The highest BCUT2D eigenvalue weighted by atomic mass is 16.7. The SMILES string of the molecule is COc1nccnc1OC1CCN(C(=O)C=Cc2ccc3c(c2)OCO3)C1. The van der Waals surface area contributed by atoms with Gasteiger partial charge < -0.3 is 23.8 Å². The van der Waals surface area contributed by atoms with E-state index in [1.165, 1.54) is 13.3 Å². The molecule has 1 aromatic carbocycles. The maximum atomic E-state index is 12.4. The van der Waals surface area contributed by atoms with Crippen molar-refractivity contribution >= 4 is 12.0 Å². The van der Waals surface area contributed by atoms with Crippen molar-refractivity contribution in [3.63, 3.8) is 0 Å². The highest BCUT2D eigenvalue weighted by molar-refractivity contribution is 5.92. The molecule has 2 aromatic rings. The van der Waals surface area contributed by atoms with Crippen LogP contribution in [-0.2, 0) is 4.79 Å². The van der Waals surface area contributed by atoms with Crippen molar-refractivity contribution in [1.29, 1.82) is 0 Å². The summed E-state index contributed by atoms with van der Waals surface area (Å²) in [5.41, 5.74) is 0.879. The minimum absolute atomic E-state index is 0.0649. The Labute approximate surface area is 156 Å². The van der Waals surface area contributed by atoms with Crippen molar-refractivity contribution in [2.24, 2.45) is 0 Å². The van der Waals surface area contributed by atoms with Crippen molar-refractivity contribution in [3.8, 4) is 23.3 Å². The topological polar surface area (TPSA) is 83.0 Å². The van der Waals surface area contributed by atoms with E-state index in [2.05, 4.69) is 9.97 Å². The molecule has 2 aliphatic rings. The molecule has 0 saturated carbocycles. The molecular weight excluding hydrogens is 350 g/mol. The molecule has 0 radical (unpaired) electrons. The summed E-state index contributed by atoms with van der Waals surface area (Å²) in [5, 5.41) is 0. The van der Waals surface area contributed by atoms with Gasteiger partial charge in [-0.25, -0.2) is 9.97 Å². The summed E-state index contributed by atoms with van der Waals surface area (Å²) in [6, 6.07) is 5.57. The smallest absolute Gasteiger partial charge is 0.278 e. The first-order valence-corrected chi connectivity index (χ1v) is 8.61. The summed E-state index contributed by atoms with van der Waals surface area (Å²) in [5.74, 6) is 2.03. The standard InChI is InChI=1S/C19H19N3O5/c1-24-18-19(21-8-7-20-18)27-14-6-9-22(11-14)17(23)5-3-13-2-4-15-16(10-13)26-12-25-15/h2-5,7-8,10,14H,6,9,11-12H2,1H3. The van der Waals surface area contributed by atoms with Crippen molar-refractivity contribution in [3.05, 3.63) is 42.2 Å². The molecule has 0 aliphatic carbocycles. The number of ether oxygens (including phenoxy) is 4. The zero-order valence-electron chi connectivity index (χ0n) is 14.8. The van der Waals surface area contributed by atoms with Crippen LogP contribution in [0.4, 0.5) is 0 Å². The van der Waals surface area contributed by atoms with Crippen molar-refractivity contribution < 1.29 is 23.7 Å². The Hall–Kier alpha value is -3.29. The molecule has 1 unspecified atom stereocenters.